The summed E-state index contributed by atoms with van der Waals surface area (Å²) in [7, 11) is -3.37. The molecule has 0 amide bonds. The highest BCUT2D eigenvalue weighted by Crippen LogP contribution is 2.19. The van der Waals surface area contributed by atoms with Gasteiger partial charge in [0, 0.05) is 12.5 Å². The lowest BCUT2D eigenvalue weighted by atomic mass is 10.0. The van der Waals surface area contributed by atoms with E-state index >= 15 is 0 Å². The average molecular weight is 285 g/mol. The van der Waals surface area contributed by atoms with Gasteiger partial charge >= 0.3 is 5.97 Å². The topological polar surface area (TPSA) is 83.5 Å². The zero-order valence-electron chi connectivity index (χ0n) is 10.9. The number of rotatable bonds is 8. The second-order valence-corrected chi connectivity index (χ2v) is 6.21. The molecular formula is C13H19NO4S. The fourth-order valence-electron chi connectivity index (χ4n) is 1.79. The molecule has 0 heterocycles. The first kappa shape index (κ1) is 15.7. The van der Waals surface area contributed by atoms with Crippen molar-refractivity contribution in [2.24, 2.45) is 0 Å². The Bertz CT molecular complexity index is 499. The number of hydrogen-bond donors (Lipinski definition) is 2. The number of nitrogens with one attached hydrogen (secondary N) is 1. The number of hydrogen-bond acceptors (Lipinski definition) is 3. The van der Waals surface area contributed by atoms with E-state index in [4.69, 9.17) is 5.11 Å². The molecule has 5 nitrogen and oxygen atoms in total. The van der Waals surface area contributed by atoms with E-state index in [9.17, 15) is 13.2 Å². The van der Waals surface area contributed by atoms with E-state index in [0.717, 1.165) is 5.56 Å². The molecule has 1 atom stereocenters. The molecule has 1 rings (SSSR count). The van der Waals surface area contributed by atoms with Crippen LogP contribution in [0.25, 0.3) is 0 Å². The van der Waals surface area contributed by atoms with Gasteiger partial charge in [0.05, 0.1) is 5.75 Å². The van der Waals surface area contributed by atoms with E-state index in [-0.39, 0.29) is 18.6 Å². The third-order valence-corrected chi connectivity index (χ3v) is 4.23. The Hall–Kier alpha value is -1.40. The number of benzene rings is 1. The van der Waals surface area contributed by atoms with Crippen molar-refractivity contribution in [1.29, 1.82) is 0 Å². The predicted octanol–water partition coefficient (Wildman–Crippen LogP) is 1.92. The molecule has 0 aliphatic carbocycles. The highest BCUT2D eigenvalue weighted by atomic mass is 32.2. The van der Waals surface area contributed by atoms with Crippen molar-refractivity contribution in [2.75, 3.05) is 5.75 Å². The predicted molar refractivity (Wildman–Crippen MR) is 73.3 cm³/mol. The third kappa shape index (κ3) is 5.85. The van der Waals surface area contributed by atoms with Crippen molar-refractivity contribution < 1.29 is 18.3 Å². The van der Waals surface area contributed by atoms with Crippen molar-refractivity contribution in [3.8, 4) is 0 Å². The van der Waals surface area contributed by atoms with Gasteiger partial charge in [-0.25, -0.2) is 13.1 Å². The van der Waals surface area contributed by atoms with Gasteiger partial charge in [0.25, 0.3) is 0 Å². The molecule has 0 aliphatic heterocycles. The van der Waals surface area contributed by atoms with Crippen molar-refractivity contribution in [1.82, 2.24) is 4.72 Å². The molecule has 0 aliphatic rings. The van der Waals surface area contributed by atoms with Gasteiger partial charge in [-0.05, 0) is 18.4 Å². The summed E-state index contributed by atoms with van der Waals surface area (Å²) in [6.45, 7) is 1.79. The van der Waals surface area contributed by atoms with Crippen LogP contribution in [0.1, 0.15) is 37.8 Å². The van der Waals surface area contributed by atoms with Crippen LogP contribution in [0.5, 0.6) is 0 Å². The van der Waals surface area contributed by atoms with Gasteiger partial charge in [-0.1, -0.05) is 37.3 Å². The zero-order valence-corrected chi connectivity index (χ0v) is 11.7. The number of sulfonamides is 1. The van der Waals surface area contributed by atoms with Gasteiger partial charge in [-0.2, -0.15) is 0 Å². The van der Waals surface area contributed by atoms with Gasteiger partial charge in [-0.15, -0.1) is 0 Å². The third-order valence-electron chi connectivity index (χ3n) is 2.64. The molecule has 0 spiro atoms. The summed E-state index contributed by atoms with van der Waals surface area (Å²) in [4.78, 5) is 10.6. The standard InChI is InChI=1S/C13H19NO4S/c1-2-10-19(17,18)14-12(8-9-13(15)16)11-6-4-3-5-7-11/h3-7,12,14H,2,8-10H2,1H3,(H,15,16). The van der Waals surface area contributed by atoms with E-state index in [0.29, 0.717) is 6.42 Å². The number of aliphatic carboxylic acids is 1. The van der Waals surface area contributed by atoms with Crippen LogP contribution in [0.15, 0.2) is 30.3 Å². The quantitative estimate of drug-likeness (QED) is 0.764. The minimum Gasteiger partial charge on any atom is -0.481 e. The highest BCUT2D eigenvalue weighted by Gasteiger charge is 2.19. The van der Waals surface area contributed by atoms with Crippen molar-refractivity contribution >= 4 is 16.0 Å². The molecule has 6 heteroatoms. The first-order chi connectivity index (χ1) is 8.94. The second-order valence-electron chi connectivity index (χ2n) is 4.33. The van der Waals surface area contributed by atoms with Gasteiger partial charge in [0.15, 0.2) is 0 Å². The smallest absolute Gasteiger partial charge is 0.303 e. The van der Waals surface area contributed by atoms with Crippen molar-refractivity contribution in [3.63, 3.8) is 0 Å². The summed E-state index contributed by atoms with van der Waals surface area (Å²) >= 11 is 0. The Balaban J connectivity index is 2.84. The largest absolute Gasteiger partial charge is 0.481 e. The minimum absolute atomic E-state index is 0.0450. The molecule has 0 bridgehead atoms. The molecule has 1 aromatic rings. The van der Waals surface area contributed by atoms with E-state index in [1.807, 2.05) is 6.07 Å². The molecule has 1 aromatic carbocycles. The Morgan fingerprint density at radius 3 is 2.47 bits per heavy atom. The maximum absolute atomic E-state index is 11.8. The second kappa shape index (κ2) is 7.25. The van der Waals surface area contributed by atoms with Crippen molar-refractivity contribution in [2.45, 2.75) is 32.2 Å². The molecule has 0 saturated heterocycles. The zero-order chi connectivity index (χ0) is 14.3. The molecular weight excluding hydrogens is 266 g/mol. The summed E-state index contributed by atoms with van der Waals surface area (Å²) < 4.78 is 26.2. The Labute approximate surface area is 113 Å². The van der Waals surface area contributed by atoms with Gasteiger partial charge in [-0.3, -0.25) is 4.79 Å². The fraction of sp³-hybridized carbons (Fsp3) is 0.462. The maximum atomic E-state index is 11.8. The first-order valence-corrected chi connectivity index (χ1v) is 7.86. The van der Waals surface area contributed by atoms with Crippen LogP contribution in [-0.4, -0.2) is 25.2 Å². The molecule has 0 radical (unpaired) electrons. The highest BCUT2D eigenvalue weighted by molar-refractivity contribution is 7.89. The number of carboxylic acid groups (broad SMARTS) is 1. The summed E-state index contributed by atoms with van der Waals surface area (Å²) in [5, 5.41) is 8.73. The summed E-state index contributed by atoms with van der Waals surface area (Å²) in [6, 6.07) is 8.53. The first-order valence-electron chi connectivity index (χ1n) is 6.21. The Morgan fingerprint density at radius 1 is 1.32 bits per heavy atom. The van der Waals surface area contributed by atoms with E-state index < -0.39 is 22.0 Å². The minimum atomic E-state index is -3.37. The van der Waals surface area contributed by atoms with Gasteiger partial charge < -0.3 is 5.11 Å². The molecule has 19 heavy (non-hydrogen) atoms. The summed E-state index contributed by atoms with van der Waals surface area (Å²) in [5.74, 6) is -0.890. The van der Waals surface area contributed by atoms with Crippen LogP contribution in [-0.2, 0) is 14.8 Å². The van der Waals surface area contributed by atoms with Crippen LogP contribution in [0, 0.1) is 0 Å². The summed E-state index contributed by atoms with van der Waals surface area (Å²) in [5.41, 5.74) is 0.781. The van der Waals surface area contributed by atoms with Gasteiger partial charge in [0.1, 0.15) is 0 Å². The van der Waals surface area contributed by atoms with Crippen LogP contribution in [0.2, 0.25) is 0 Å². The average Bonchev–Trinajstić information content (AvgIpc) is 2.35. The molecule has 0 saturated carbocycles. The normalized spacial score (nSPS) is 13.1. The lowest BCUT2D eigenvalue weighted by Crippen LogP contribution is -2.31. The molecule has 0 fully saturated rings. The number of carbonyl (C=O) groups is 1. The molecule has 1 unspecified atom stereocenters. The van der Waals surface area contributed by atoms with Crippen LogP contribution in [0.4, 0.5) is 0 Å². The molecule has 106 valence electrons. The van der Waals surface area contributed by atoms with Crippen LogP contribution < -0.4 is 4.72 Å². The van der Waals surface area contributed by atoms with E-state index in [1.54, 1.807) is 31.2 Å². The van der Waals surface area contributed by atoms with Crippen molar-refractivity contribution in [3.05, 3.63) is 35.9 Å². The maximum Gasteiger partial charge on any atom is 0.303 e. The Morgan fingerprint density at radius 2 is 1.95 bits per heavy atom. The van der Waals surface area contributed by atoms with Crippen LogP contribution in [0.3, 0.4) is 0 Å². The fourth-order valence-corrected chi connectivity index (χ4v) is 3.13. The molecule has 0 aromatic heterocycles. The lowest BCUT2D eigenvalue weighted by molar-refractivity contribution is -0.137. The SMILES string of the molecule is CCCS(=O)(=O)NC(CCC(=O)O)c1ccccc1. The van der Waals surface area contributed by atoms with E-state index in [1.165, 1.54) is 0 Å². The van der Waals surface area contributed by atoms with Crippen LogP contribution >= 0.6 is 0 Å². The monoisotopic (exact) mass is 285 g/mol. The van der Waals surface area contributed by atoms with Gasteiger partial charge in [0.2, 0.25) is 10.0 Å². The summed E-state index contributed by atoms with van der Waals surface area (Å²) in [6.07, 6.45) is 0.687. The lowest BCUT2D eigenvalue weighted by Gasteiger charge is -2.18. The number of carboxylic acids is 1. The Kier molecular flexibility index (Phi) is 5.98. The molecule has 2 N–H and O–H groups in total. The van der Waals surface area contributed by atoms with E-state index in [2.05, 4.69) is 4.72 Å².